The van der Waals surface area contributed by atoms with E-state index in [4.69, 9.17) is 14.7 Å². The van der Waals surface area contributed by atoms with Crippen LogP contribution in [0.2, 0.25) is 0 Å². The molecule has 0 aliphatic carbocycles. The number of carboxylic acid groups (broad SMARTS) is 1. The zero-order valence-electron chi connectivity index (χ0n) is 10.6. The third kappa shape index (κ3) is 3.26. The van der Waals surface area contributed by atoms with Gasteiger partial charge in [-0.3, -0.25) is 0 Å². The largest absolute Gasteiger partial charge is 0.479 e. The van der Waals surface area contributed by atoms with Crippen LogP contribution in [0.5, 0.6) is 5.75 Å². The second-order valence-electron chi connectivity index (χ2n) is 4.41. The Morgan fingerprint density at radius 1 is 1.63 bits per heavy atom. The Labute approximate surface area is 119 Å². The molecule has 0 amide bonds. The number of carbonyl (C=O) groups is 1. The summed E-state index contributed by atoms with van der Waals surface area (Å²) in [5.74, 6) is -0.498. The molecule has 1 aliphatic rings. The second kappa shape index (κ2) is 5.61. The number of rotatable bonds is 4. The van der Waals surface area contributed by atoms with Crippen molar-refractivity contribution in [3.05, 3.63) is 28.2 Å². The van der Waals surface area contributed by atoms with Gasteiger partial charge in [0.2, 0.25) is 0 Å². The summed E-state index contributed by atoms with van der Waals surface area (Å²) in [4.78, 5) is 16.2. The first-order valence-electron chi connectivity index (χ1n) is 5.85. The topological polar surface area (TPSA) is 68.1 Å². The van der Waals surface area contributed by atoms with Crippen LogP contribution >= 0.6 is 15.9 Å². The summed E-state index contributed by atoms with van der Waals surface area (Å²) >= 11 is 3.39. The molecule has 0 bridgehead atoms. The molecule has 1 aliphatic heterocycles. The number of hydrogen-bond acceptors (Lipinski definition) is 4. The third-order valence-corrected chi connectivity index (χ3v) is 3.28. The van der Waals surface area contributed by atoms with Crippen LogP contribution in [0, 0.1) is 0 Å². The Morgan fingerprint density at radius 3 is 2.95 bits per heavy atom. The van der Waals surface area contributed by atoms with Gasteiger partial charge in [-0.05, 0) is 32.0 Å². The molecule has 19 heavy (non-hydrogen) atoms. The molecule has 1 N–H and O–H groups in total. The molecule has 6 heteroatoms. The number of aliphatic carboxylic acids is 1. The predicted octanol–water partition coefficient (Wildman–Crippen LogP) is 3.14. The highest BCUT2D eigenvalue weighted by atomic mass is 79.9. The molecule has 0 spiro atoms. The number of oxime groups is 1. The van der Waals surface area contributed by atoms with Crippen LogP contribution in [0.1, 0.15) is 31.9 Å². The van der Waals surface area contributed by atoms with Crippen LogP contribution in [-0.4, -0.2) is 22.9 Å². The van der Waals surface area contributed by atoms with E-state index in [1.807, 2.05) is 13.0 Å². The average Bonchev–Trinajstić information content (AvgIpc) is 2.77. The molecule has 2 rings (SSSR count). The lowest BCUT2D eigenvalue weighted by Gasteiger charge is -2.17. The van der Waals surface area contributed by atoms with Gasteiger partial charge in [0.15, 0.2) is 12.2 Å². The fourth-order valence-corrected chi connectivity index (χ4v) is 2.16. The van der Waals surface area contributed by atoms with E-state index in [1.165, 1.54) is 6.92 Å². The van der Waals surface area contributed by atoms with E-state index >= 15 is 0 Å². The minimum atomic E-state index is -1.01. The molecule has 102 valence electrons. The summed E-state index contributed by atoms with van der Waals surface area (Å²) in [6.45, 7) is 3.38. The van der Waals surface area contributed by atoms with Crippen LogP contribution in [-0.2, 0) is 9.63 Å². The van der Waals surface area contributed by atoms with Crippen LogP contribution in [0.3, 0.4) is 0 Å². The van der Waals surface area contributed by atoms with Gasteiger partial charge < -0.3 is 14.7 Å². The molecule has 0 aromatic heterocycles. The van der Waals surface area contributed by atoms with E-state index in [0.717, 1.165) is 15.7 Å². The van der Waals surface area contributed by atoms with Gasteiger partial charge in [-0.1, -0.05) is 21.1 Å². The summed E-state index contributed by atoms with van der Waals surface area (Å²) in [5.41, 5.74) is 1.70. The van der Waals surface area contributed by atoms with Crippen LogP contribution in [0.4, 0.5) is 0 Å². The van der Waals surface area contributed by atoms with Crippen molar-refractivity contribution in [1.29, 1.82) is 0 Å². The van der Waals surface area contributed by atoms with Gasteiger partial charge >= 0.3 is 5.97 Å². The Balaban J connectivity index is 2.25. The normalized spacial score (nSPS) is 19.5. The fraction of sp³-hybridized carbons (Fsp3) is 0.385. The van der Waals surface area contributed by atoms with E-state index in [2.05, 4.69) is 21.1 Å². The summed E-state index contributed by atoms with van der Waals surface area (Å²) in [7, 11) is 0. The number of benzene rings is 1. The molecule has 0 saturated heterocycles. The van der Waals surface area contributed by atoms with Gasteiger partial charge in [0.1, 0.15) is 5.75 Å². The Kier molecular flexibility index (Phi) is 4.09. The Morgan fingerprint density at radius 2 is 2.37 bits per heavy atom. The van der Waals surface area contributed by atoms with Crippen molar-refractivity contribution in [3.8, 4) is 5.75 Å². The maximum Gasteiger partial charge on any atom is 0.344 e. The fourth-order valence-electron chi connectivity index (χ4n) is 1.78. The monoisotopic (exact) mass is 327 g/mol. The first-order chi connectivity index (χ1) is 8.97. The standard InChI is InChI=1S/C13H14BrNO4/c1-7-5-12(19-15-7)10-6-9(14)3-4-11(10)18-8(2)13(16)17/h3-4,6,8,12H,5H2,1-2H3,(H,16,17)/t8-,12+/m0/s1. The maximum atomic E-state index is 10.9. The molecule has 2 atom stereocenters. The molecule has 0 saturated carbocycles. The molecular formula is C13H14BrNO4. The van der Waals surface area contributed by atoms with E-state index in [-0.39, 0.29) is 6.10 Å². The lowest BCUT2D eigenvalue weighted by molar-refractivity contribution is -0.144. The SMILES string of the molecule is CC1=NO[C@@H](c2cc(Br)ccc2O[C@@H](C)C(=O)O)C1. The smallest absolute Gasteiger partial charge is 0.344 e. The maximum absolute atomic E-state index is 10.9. The summed E-state index contributed by atoms with van der Waals surface area (Å²) < 4.78 is 6.34. The highest BCUT2D eigenvalue weighted by Gasteiger charge is 2.25. The lowest BCUT2D eigenvalue weighted by Crippen LogP contribution is -2.23. The number of halogens is 1. The Bertz CT molecular complexity index is 529. The van der Waals surface area contributed by atoms with Crippen molar-refractivity contribution in [3.63, 3.8) is 0 Å². The van der Waals surface area contributed by atoms with E-state index in [0.29, 0.717) is 12.2 Å². The molecule has 5 nitrogen and oxygen atoms in total. The molecular weight excluding hydrogens is 314 g/mol. The van der Waals surface area contributed by atoms with Gasteiger partial charge in [-0.25, -0.2) is 4.79 Å². The van der Waals surface area contributed by atoms with Crippen molar-refractivity contribution in [2.45, 2.75) is 32.5 Å². The van der Waals surface area contributed by atoms with E-state index < -0.39 is 12.1 Å². The minimum Gasteiger partial charge on any atom is -0.479 e. The lowest BCUT2D eigenvalue weighted by atomic mass is 10.0. The summed E-state index contributed by atoms with van der Waals surface area (Å²) in [6.07, 6.45) is -0.467. The minimum absolute atomic E-state index is 0.228. The van der Waals surface area contributed by atoms with Gasteiger partial charge in [0.05, 0.1) is 5.71 Å². The molecule has 1 aromatic rings. The number of nitrogens with zero attached hydrogens (tertiary/aromatic N) is 1. The zero-order valence-corrected chi connectivity index (χ0v) is 12.2. The predicted molar refractivity (Wildman–Crippen MR) is 73.4 cm³/mol. The first kappa shape index (κ1) is 13.9. The van der Waals surface area contributed by atoms with Crippen LogP contribution in [0.25, 0.3) is 0 Å². The molecule has 0 unspecified atom stereocenters. The van der Waals surface area contributed by atoms with Crippen LogP contribution in [0.15, 0.2) is 27.8 Å². The average molecular weight is 328 g/mol. The zero-order chi connectivity index (χ0) is 14.0. The van der Waals surface area contributed by atoms with Crippen molar-refractivity contribution in [1.82, 2.24) is 0 Å². The third-order valence-electron chi connectivity index (χ3n) is 2.79. The number of carboxylic acids is 1. The van der Waals surface area contributed by atoms with E-state index in [9.17, 15) is 4.79 Å². The first-order valence-corrected chi connectivity index (χ1v) is 6.65. The van der Waals surface area contributed by atoms with Crippen molar-refractivity contribution < 1.29 is 19.5 Å². The van der Waals surface area contributed by atoms with Gasteiger partial charge in [-0.2, -0.15) is 0 Å². The van der Waals surface area contributed by atoms with E-state index in [1.54, 1.807) is 12.1 Å². The van der Waals surface area contributed by atoms with Gasteiger partial charge in [0.25, 0.3) is 0 Å². The molecule has 1 aromatic carbocycles. The van der Waals surface area contributed by atoms with Crippen molar-refractivity contribution in [2.75, 3.05) is 0 Å². The summed E-state index contributed by atoms with van der Waals surface area (Å²) in [6, 6.07) is 5.40. The highest BCUT2D eigenvalue weighted by molar-refractivity contribution is 9.10. The number of hydrogen-bond donors (Lipinski definition) is 1. The van der Waals surface area contributed by atoms with Crippen molar-refractivity contribution >= 4 is 27.6 Å². The second-order valence-corrected chi connectivity index (χ2v) is 5.32. The summed E-state index contributed by atoms with van der Waals surface area (Å²) in [5, 5.41) is 12.8. The van der Waals surface area contributed by atoms with Crippen LogP contribution < -0.4 is 4.74 Å². The Hall–Kier alpha value is -1.56. The molecule has 0 radical (unpaired) electrons. The van der Waals surface area contributed by atoms with Gasteiger partial charge in [0, 0.05) is 16.5 Å². The van der Waals surface area contributed by atoms with Gasteiger partial charge in [-0.15, -0.1) is 0 Å². The molecule has 0 fully saturated rings. The quantitative estimate of drug-likeness (QED) is 0.922. The number of ether oxygens (including phenoxy) is 1. The van der Waals surface area contributed by atoms with Crippen molar-refractivity contribution in [2.24, 2.45) is 5.16 Å². The molecule has 1 heterocycles. The highest BCUT2D eigenvalue weighted by Crippen LogP contribution is 2.36.